The highest BCUT2D eigenvalue weighted by Gasteiger charge is 2.02. The Balaban J connectivity index is 2.51. The SMILES string of the molecule is NCCc1csc2nncn12. The third-order valence-corrected chi connectivity index (χ3v) is 2.41. The summed E-state index contributed by atoms with van der Waals surface area (Å²) in [5.41, 5.74) is 6.62. The molecule has 0 radical (unpaired) electrons. The van der Waals surface area contributed by atoms with Gasteiger partial charge in [0.15, 0.2) is 0 Å². The van der Waals surface area contributed by atoms with Crippen LogP contribution in [-0.2, 0) is 6.42 Å². The maximum absolute atomic E-state index is 5.43. The lowest BCUT2D eigenvalue weighted by atomic mass is 10.3. The molecule has 0 atom stereocenters. The van der Waals surface area contributed by atoms with E-state index < -0.39 is 0 Å². The smallest absolute Gasteiger partial charge is 0.216 e. The summed E-state index contributed by atoms with van der Waals surface area (Å²) < 4.78 is 1.97. The third-order valence-electron chi connectivity index (χ3n) is 1.53. The van der Waals surface area contributed by atoms with E-state index in [2.05, 4.69) is 15.6 Å². The molecule has 0 aliphatic rings. The molecule has 0 aliphatic carbocycles. The molecule has 2 heterocycles. The molecule has 0 amide bonds. The maximum atomic E-state index is 5.43. The first kappa shape index (κ1) is 6.75. The van der Waals surface area contributed by atoms with Gasteiger partial charge in [0.2, 0.25) is 4.96 Å². The summed E-state index contributed by atoms with van der Waals surface area (Å²) in [7, 11) is 0. The summed E-state index contributed by atoms with van der Waals surface area (Å²) in [5, 5.41) is 9.77. The molecule has 0 spiro atoms. The minimum absolute atomic E-state index is 0.671. The first-order valence-corrected chi connectivity index (χ1v) is 4.26. The fourth-order valence-corrected chi connectivity index (χ4v) is 1.85. The molecule has 2 aromatic heterocycles. The highest BCUT2D eigenvalue weighted by molar-refractivity contribution is 7.15. The second kappa shape index (κ2) is 2.60. The molecule has 0 bridgehead atoms. The molecular weight excluding hydrogens is 160 g/mol. The molecule has 2 rings (SSSR count). The van der Waals surface area contributed by atoms with Gasteiger partial charge in [-0.05, 0) is 6.54 Å². The molecule has 0 aromatic carbocycles. The van der Waals surface area contributed by atoms with Gasteiger partial charge in [-0.1, -0.05) is 0 Å². The van der Waals surface area contributed by atoms with Crippen molar-refractivity contribution in [2.45, 2.75) is 6.42 Å². The van der Waals surface area contributed by atoms with Crippen molar-refractivity contribution in [2.75, 3.05) is 6.54 Å². The maximum Gasteiger partial charge on any atom is 0.216 e. The second-order valence-electron chi connectivity index (χ2n) is 2.25. The molecular formula is C6H8N4S. The average Bonchev–Trinajstić information content (AvgIpc) is 2.53. The number of nitrogens with two attached hydrogens (primary N) is 1. The minimum Gasteiger partial charge on any atom is -0.330 e. The molecule has 0 unspecified atom stereocenters. The lowest BCUT2D eigenvalue weighted by Gasteiger charge is -1.92. The Morgan fingerprint density at radius 1 is 1.64 bits per heavy atom. The molecule has 0 saturated heterocycles. The van der Waals surface area contributed by atoms with E-state index in [1.54, 1.807) is 17.7 Å². The number of hydrogen-bond acceptors (Lipinski definition) is 4. The molecule has 2 aromatic rings. The minimum atomic E-state index is 0.671. The Morgan fingerprint density at radius 2 is 2.55 bits per heavy atom. The molecule has 5 heteroatoms. The van der Waals surface area contributed by atoms with Gasteiger partial charge in [-0.2, -0.15) is 0 Å². The van der Waals surface area contributed by atoms with Gasteiger partial charge in [0.05, 0.1) is 0 Å². The standard InChI is InChI=1S/C6H8N4S/c7-2-1-5-3-11-6-9-8-4-10(5)6/h3-4H,1-2,7H2. The zero-order valence-electron chi connectivity index (χ0n) is 5.90. The molecule has 0 saturated carbocycles. The number of hydrogen-bond donors (Lipinski definition) is 1. The van der Waals surface area contributed by atoms with Crippen LogP contribution in [0.15, 0.2) is 11.7 Å². The quantitative estimate of drug-likeness (QED) is 0.701. The van der Waals surface area contributed by atoms with E-state index in [1.165, 1.54) is 5.69 Å². The molecule has 4 nitrogen and oxygen atoms in total. The Kier molecular flexibility index (Phi) is 1.59. The van der Waals surface area contributed by atoms with Gasteiger partial charge in [-0.3, -0.25) is 4.40 Å². The van der Waals surface area contributed by atoms with Crippen molar-refractivity contribution in [1.82, 2.24) is 14.6 Å². The summed E-state index contributed by atoms with van der Waals surface area (Å²) in [6.45, 7) is 0.671. The molecule has 58 valence electrons. The summed E-state index contributed by atoms with van der Waals surface area (Å²) in [4.78, 5) is 0.938. The second-order valence-corrected chi connectivity index (χ2v) is 3.09. The zero-order valence-corrected chi connectivity index (χ0v) is 6.71. The first-order valence-electron chi connectivity index (χ1n) is 3.38. The topological polar surface area (TPSA) is 56.2 Å². The van der Waals surface area contributed by atoms with Crippen LogP contribution in [0.2, 0.25) is 0 Å². The number of thiazole rings is 1. The summed E-state index contributed by atoms with van der Waals surface area (Å²) in [6.07, 6.45) is 2.61. The Bertz CT molecular complexity index is 350. The normalized spacial score (nSPS) is 11.0. The van der Waals surface area contributed by atoms with Gasteiger partial charge in [-0.15, -0.1) is 21.5 Å². The summed E-state index contributed by atoms with van der Waals surface area (Å²) in [5.74, 6) is 0. The van der Waals surface area contributed by atoms with Crippen molar-refractivity contribution in [3.8, 4) is 0 Å². The van der Waals surface area contributed by atoms with Crippen molar-refractivity contribution in [3.63, 3.8) is 0 Å². The fourth-order valence-electron chi connectivity index (χ4n) is 1.01. The van der Waals surface area contributed by atoms with Gasteiger partial charge in [0.1, 0.15) is 6.33 Å². The van der Waals surface area contributed by atoms with Crippen molar-refractivity contribution < 1.29 is 0 Å². The highest BCUT2D eigenvalue weighted by Crippen LogP contribution is 2.12. The van der Waals surface area contributed by atoms with E-state index in [1.807, 2.05) is 4.40 Å². The number of rotatable bonds is 2. The van der Waals surface area contributed by atoms with Crippen LogP contribution in [-0.4, -0.2) is 21.1 Å². The van der Waals surface area contributed by atoms with Crippen LogP contribution in [0.3, 0.4) is 0 Å². The van der Waals surface area contributed by atoms with Crippen LogP contribution in [0, 0.1) is 0 Å². The lowest BCUT2D eigenvalue weighted by molar-refractivity contribution is 0.904. The first-order chi connectivity index (χ1) is 5.42. The number of aromatic nitrogens is 3. The monoisotopic (exact) mass is 168 g/mol. The molecule has 11 heavy (non-hydrogen) atoms. The van der Waals surface area contributed by atoms with Crippen molar-refractivity contribution in [1.29, 1.82) is 0 Å². The largest absolute Gasteiger partial charge is 0.330 e. The average molecular weight is 168 g/mol. The molecule has 0 fully saturated rings. The van der Waals surface area contributed by atoms with E-state index in [-0.39, 0.29) is 0 Å². The number of nitrogens with zero attached hydrogens (tertiary/aromatic N) is 3. The third kappa shape index (κ3) is 1.02. The Labute approximate surface area is 67.7 Å². The lowest BCUT2D eigenvalue weighted by Crippen LogP contribution is -2.04. The van der Waals surface area contributed by atoms with E-state index >= 15 is 0 Å². The van der Waals surface area contributed by atoms with Crippen LogP contribution in [0.25, 0.3) is 4.96 Å². The zero-order chi connectivity index (χ0) is 7.68. The molecule has 0 aliphatic heterocycles. The Morgan fingerprint density at radius 3 is 3.36 bits per heavy atom. The predicted octanol–water partition coefficient (Wildman–Crippen LogP) is 0.292. The van der Waals surface area contributed by atoms with Crippen LogP contribution in [0.5, 0.6) is 0 Å². The number of fused-ring (bicyclic) bond motifs is 1. The van der Waals surface area contributed by atoms with E-state index in [4.69, 9.17) is 5.73 Å². The Hall–Kier alpha value is -0.940. The van der Waals surface area contributed by atoms with E-state index in [0.29, 0.717) is 6.54 Å². The van der Waals surface area contributed by atoms with Crippen molar-refractivity contribution in [3.05, 3.63) is 17.4 Å². The summed E-state index contributed by atoms with van der Waals surface area (Å²) in [6, 6.07) is 0. The van der Waals surface area contributed by atoms with Crippen LogP contribution in [0.4, 0.5) is 0 Å². The van der Waals surface area contributed by atoms with Gasteiger partial charge in [0.25, 0.3) is 0 Å². The van der Waals surface area contributed by atoms with Crippen molar-refractivity contribution >= 4 is 16.3 Å². The van der Waals surface area contributed by atoms with Gasteiger partial charge >= 0.3 is 0 Å². The van der Waals surface area contributed by atoms with Crippen LogP contribution < -0.4 is 5.73 Å². The van der Waals surface area contributed by atoms with Crippen LogP contribution >= 0.6 is 11.3 Å². The van der Waals surface area contributed by atoms with Gasteiger partial charge in [-0.25, -0.2) is 0 Å². The van der Waals surface area contributed by atoms with E-state index in [9.17, 15) is 0 Å². The summed E-state index contributed by atoms with van der Waals surface area (Å²) >= 11 is 1.59. The van der Waals surface area contributed by atoms with Crippen molar-refractivity contribution in [2.24, 2.45) is 5.73 Å². The highest BCUT2D eigenvalue weighted by atomic mass is 32.1. The van der Waals surface area contributed by atoms with Gasteiger partial charge < -0.3 is 5.73 Å². The van der Waals surface area contributed by atoms with Gasteiger partial charge in [0, 0.05) is 17.5 Å². The predicted molar refractivity (Wildman–Crippen MR) is 43.6 cm³/mol. The molecule has 2 N–H and O–H groups in total. The fraction of sp³-hybridized carbons (Fsp3) is 0.333. The van der Waals surface area contributed by atoms with E-state index in [0.717, 1.165) is 11.4 Å². The van der Waals surface area contributed by atoms with Crippen LogP contribution in [0.1, 0.15) is 5.69 Å².